The van der Waals surface area contributed by atoms with Crippen LogP contribution in [0.5, 0.6) is 11.5 Å². The normalized spacial score (nSPS) is 11.8. The number of methoxy groups -OCH3 is 2. The molecule has 0 saturated heterocycles. The van der Waals surface area contributed by atoms with E-state index in [1.165, 1.54) is 14.2 Å². The molecule has 0 radical (unpaired) electrons. The van der Waals surface area contributed by atoms with Gasteiger partial charge in [-0.3, -0.25) is 4.79 Å². The van der Waals surface area contributed by atoms with E-state index in [0.717, 1.165) is 6.42 Å². The Morgan fingerprint density at radius 2 is 1.89 bits per heavy atom. The van der Waals surface area contributed by atoms with Crippen molar-refractivity contribution in [1.82, 2.24) is 5.32 Å². The zero-order chi connectivity index (χ0) is 13.7. The summed E-state index contributed by atoms with van der Waals surface area (Å²) >= 11 is 0. The van der Waals surface area contributed by atoms with Crippen LogP contribution >= 0.6 is 0 Å². The number of hydrogen-bond donors (Lipinski definition) is 2. The molecular formula is C13H20N2O3. The maximum atomic E-state index is 12.0. The largest absolute Gasteiger partial charge is 0.493 e. The summed E-state index contributed by atoms with van der Waals surface area (Å²) in [6, 6.07) is 3.28. The molecule has 5 heteroatoms. The number of carbonyl (C=O) groups is 1. The lowest BCUT2D eigenvalue weighted by molar-refractivity contribution is 0.0940. The van der Waals surface area contributed by atoms with E-state index in [1.54, 1.807) is 12.1 Å². The van der Waals surface area contributed by atoms with Gasteiger partial charge in [0.1, 0.15) is 0 Å². The molecule has 0 fully saturated rings. The maximum Gasteiger partial charge on any atom is 0.253 e. The van der Waals surface area contributed by atoms with Crippen molar-refractivity contribution in [2.24, 2.45) is 0 Å². The molecule has 0 aliphatic rings. The monoisotopic (exact) mass is 252 g/mol. The minimum absolute atomic E-state index is 0.102. The number of nitrogen functional groups attached to an aromatic ring is 1. The SMILES string of the molecule is CC[C@@H](C)NC(=O)c1cc(OC)c(OC)cc1N. The highest BCUT2D eigenvalue weighted by molar-refractivity contribution is 6.00. The van der Waals surface area contributed by atoms with Crippen LogP contribution in [-0.2, 0) is 0 Å². The molecule has 1 aromatic rings. The fourth-order valence-corrected chi connectivity index (χ4v) is 1.49. The summed E-state index contributed by atoms with van der Waals surface area (Å²) in [5.41, 5.74) is 6.61. The average Bonchev–Trinajstić information content (AvgIpc) is 2.37. The van der Waals surface area contributed by atoms with E-state index in [4.69, 9.17) is 15.2 Å². The summed E-state index contributed by atoms with van der Waals surface area (Å²) < 4.78 is 10.3. The molecule has 0 unspecified atom stereocenters. The number of rotatable bonds is 5. The number of anilines is 1. The molecule has 0 heterocycles. The van der Waals surface area contributed by atoms with E-state index >= 15 is 0 Å². The second-order valence-corrected chi connectivity index (χ2v) is 4.08. The third kappa shape index (κ3) is 3.06. The molecule has 0 aliphatic heterocycles. The van der Waals surface area contributed by atoms with Gasteiger partial charge in [-0.05, 0) is 19.4 Å². The van der Waals surface area contributed by atoms with Crippen LogP contribution in [0.1, 0.15) is 30.6 Å². The van der Waals surface area contributed by atoms with Crippen LogP contribution in [-0.4, -0.2) is 26.2 Å². The number of benzene rings is 1. The van der Waals surface area contributed by atoms with Gasteiger partial charge in [0.05, 0.1) is 19.8 Å². The minimum atomic E-state index is -0.206. The zero-order valence-electron chi connectivity index (χ0n) is 11.2. The number of nitrogens with one attached hydrogen (secondary N) is 1. The van der Waals surface area contributed by atoms with Gasteiger partial charge < -0.3 is 20.5 Å². The second-order valence-electron chi connectivity index (χ2n) is 4.08. The smallest absolute Gasteiger partial charge is 0.253 e. The molecule has 3 N–H and O–H groups in total. The van der Waals surface area contributed by atoms with Crippen LogP contribution in [0.15, 0.2) is 12.1 Å². The van der Waals surface area contributed by atoms with E-state index < -0.39 is 0 Å². The molecule has 0 spiro atoms. The third-order valence-electron chi connectivity index (χ3n) is 2.79. The highest BCUT2D eigenvalue weighted by Crippen LogP contribution is 2.31. The summed E-state index contributed by atoms with van der Waals surface area (Å²) in [6.45, 7) is 3.94. The van der Waals surface area contributed by atoms with Crippen molar-refractivity contribution >= 4 is 11.6 Å². The molecule has 1 amide bonds. The molecule has 1 rings (SSSR count). The Hall–Kier alpha value is -1.91. The van der Waals surface area contributed by atoms with Gasteiger partial charge in [0.25, 0.3) is 5.91 Å². The van der Waals surface area contributed by atoms with Gasteiger partial charge in [0.2, 0.25) is 0 Å². The summed E-state index contributed by atoms with van der Waals surface area (Å²) in [6.07, 6.45) is 0.860. The summed E-state index contributed by atoms with van der Waals surface area (Å²) in [7, 11) is 3.04. The lowest BCUT2D eigenvalue weighted by Crippen LogP contribution is -2.32. The first kappa shape index (κ1) is 14.2. The standard InChI is InChI=1S/C13H20N2O3/c1-5-8(2)15-13(16)9-6-11(17-3)12(18-4)7-10(9)14/h6-8H,5,14H2,1-4H3,(H,15,16)/t8-/m1/s1. The van der Waals surface area contributed by atoms with Crippen molar-refractivity contribution < 1.29 is 14.3 Å². The lowest BCUT2D eigenvalue weighted by atomic mass is 10.1. The predicted octanol–water partition coefficient (Wildman–Crippen LogP) is 1.81. The Bertz CT molecular complexity index is 432. The highest BCUT2D eigenvalue weighted by Gasteiger charge is 2.16. The summed E-state index contributed by atoms with van der Waals surface area (Å²) in [5, 5.41) is 2.86. The van der Waals surface area contributed by atoms with E-state index in [2.05, 4.69) is 5.32 Å². The topological polar surface area (TPSA) is 73.6 Å². The fourth-order valence-electron chi connectivity index (χ4n) is 1.49. The number of hydrogen-bond acceptors (Lipinski definition) is 4. The van der Waals surface area contributed by atoms with Gasteiger partial charge in [-0.25, -0.2) is 0 Å². The molecule has 0 bridgehead atoms. The molecule has 100 valence electrons. The van der Waals surface area contributed by atoms with Crippen molar-refractivity contribution in [3.63, 3.8) is 0 Å². The van der Waals surface area contributed by atoms with Gasteiger partial charge in [-0.1, -0.05) is 6.92 Å². The first-order valence-corrected chi connectivity index (χ1v) is 5.85. The van der Waals surface area contributed by atoms with Crippen LogP contribution in [0, 0.1) is 0 Å². The Labute approximate surface area is 107 Å². The van der Waals surface area contributed by atoms with Gasteiger partial charge in [0.15, 0.2) is 11.5 Å². The summed E-state index contributed by atoms with van der Waals surface area (Å²) in [4.78, 5) is 12.0. The van der Waals surface area contributed by atoms with Crippen molar-refractivity contribution in [2.45, 2.75) is 26.3 Å². The number of carbonyl (C=O) groups excluding carboxylic acids is 1. The maximum absolute atomic E-state index is 12.0. The number of amides is 1. The average molecular weight is 252 g/mol. The summed E-state index contributed by atoms with van der Waals surface area (Å²) in [5.74, 6) is 0.791. The first-order chi connectivity index (χ1) is 8.53. The second kappa shape index (κ2) is 6.14. The highest BCUT2D eigenvalue weighted by atomic mass is 16.5. The first-order valence-electron chi connectivity index (χ1n) is 5.85. The number of ether oxygens (including phenoxy) is 2. The molecule has 0 saturated carbocycles. The molecular weight excluding hydrogens is 232 g/mol. The Kier molecular flexibility index (Phi) is 4.83. The minimum Gasteiger partial charge on any atom is -0.493 e. The van der Waals surface area contributed by atoms with Crippen molar-refractivity contribution in [1.29, 1.82) is 0 Å². The van der Waals surface area contributed by atoms with Gasteiger partial charge in [0, 0.05) is 17.8 Å². The van der Waals surface area contributed by atoms with Crippen molar-refractivity contribution in [3.05, 3.63) is 17.7 Å². The van der Waals surface area contributed by atoms with Crippen molar-refractivity contribution in [2.75, 3.05) is 20.0 Å². The Balaban J connectivity index is 3.05. The van der Waals surface area contributed by atoms with E-state index in [0.29, 0.717) is 22.7 Å². The van der Waals surface area contributed by atoms with E-state index in [1.807, 2.05) is 13.8 Å². The predicted molar refractivity (Wildman–Crippen MR) is 71.2 cm³/mol. The van der Waals surface area contributed by atoms with Gasteiger partial charge in [-0.2, -0.15) is 0 Å². The zero-order valence-corrected chi connectivity index (χ0v) is 11.2. The number of nitrogens with two attached hydrogens (primary N) is 1. The van der Waals surface area contributed by atoms with E-state index in [9.17, 15) is 4.79 Å². The van der Waals surface area contributed by atoms with Crippen LogP contribution in [0.3, 0.4) is 0 Å². The van der Waals surface area contributed by atoms with Crippen LogP contribution in [0.4, 0.5) is 5.69 Å². The van der Waals surface area contributed by atoms with Gasteiger partial charge in [-0.15, -0.1) is 0 Å². The van der Waals surface area contributed by atoms with Crippen molar-refractivity contribution in [3.8, 4) is 11.5 Å². The lowest BCUT2D eigenvalue weighted by Gasteiger charge is -2.15. The Morgan fingerprint density at radius 1 is 1.33 bits per heavy atom. The van der Waals surface area contributed by atoms with E-state index in [-0.39, 0.29) is 11.9 Å². The third-order valence-corrected chi connectivity index (χ3v) is 2.79. The molecule has 1 aromatic carbocycles. The quantitative estimate of drug-likeness (QED) is 0.784. The molecule has 0 aliphatic carbocycles. The fraction of sp³-hybridized carbons (Fsp3) is 0.462. The molecule has 5 nitrogen and oxygen atoms in total. The molecule has 1 atom stereocenters. The molecule has 18 heavy (non-hydrogen) atoms. The van der Waals surface area contributed by atoms with Crippen LogP contribution < -0.4 is 20.5 Å². The van der Waals surface area contributed by atoms with Crippen LogP contribution in [0.2, 0.25) is 0 Å². The Morgan fingerprint density at radius 3 is 2.39 bits per heavy atom. The van der Waals surface area contributed by atoms with Crippen LogP contribution in [0.25, 0.3) is 0 Å². The molecule has 0 aromatic heterocycles. The van der Waals surface area contributed by atoms with Gasteiger partial charge >= 0.3 is 0 Å².